The number of alkyl halides is 3. The van der Waals surface area contributed by atoms with Crippen molar-refractivity contribution < 1.29 is 17.9 Å². The first-order valence-electron chi connectivity index (χ1n) is 5.50. The maximum absolute atomic E-state index is 12.9. The monoisotopic (exact) mass is 325 g/mol. The highest BCUT2D eigenvalue weighted by atomic mass is 79.9. The first-order valence-corrected chi connectivity index (χ1v) is 6.30. The number of aryl methyl sites for hydroxylation is 1. The largest absolute Gasteiger partial charge is 0.479 e. The Bertz CT molecular complexity index is 409. The standard InChI is InChI=1S/C12H15BrF3NO/c1-3-9(17)11(12(14,15)16)18-10-6-8(13)5-4-7(10)2/h4-6,9,11H,3,17H2,1-2H3. The van der Waals surface area contributed by atoms with E-state index >= 15 is 0 Å². The lowest BCUT2D eigenvalue weighted by molar-refractivity contribution is -0.201. The van der Waals surface area contributed by atoms with Crippen LogP contribution in [0.25, 0.3) is 0 Å². The topological polar surface area (TPSA) is 35.2 Å². The lowest BCUT2D eigenvalue weighted by atomic mass is 10.1. The minimum absolute atomic E-state index is 0.190. The van der Waals surface area contributed by atoms with Crippen LogP contribution in [0.2, 0.25) is 0 Å². The SMILES string of the molecule is CCC(N)C(Oc1cc(Br)ccc1C)C(F)(F)F. The molecular weight excluding hydrogens is 311 g/mol. The third-order valence-electron chi connectivity index (χ3n) is 2.59. The Kier molecular flexibility index (Phi) is 5.04. The maximum atomic E-state index is 12.9. The highest BCUT2D eigenvalue weighted by Gasteiger charge is 2.45. The van der Waals surface area contributed by atoms with Gasteiger partial charge in [0, 0.05) is 4.47 Å². The van der Waals surface area contributed by atoms with E-state index in [-0.39, 0.29) is 12.2 Å². The molecule has 0 spiro atoms. The van der Waals surface area contributed by atoms with Gasteiger partial charge in [0.25, 0.3) is 0 Å². The molecule has 0 saturated heterocycles. The van der Waals surface area contributed by atoms with E-state index in [1.165, 1.54) is 6.07 Å². The molecule has 0 heterocycles. The Balaban J connectivity index is 3.00. The maximum Gasteiger partial charge on any atom is 0.426 e. The van der Waals surface area contributed by atoms with E-state index in [2.05, 4.69) is 15.9 Å². The van der Waals surface area contributed by atoms with Crippen molar-refractivity contribution in [3.8, 4) is 5.75 Å². The van der Waals surface area contributed by atoms with Gasteiger partial charge in [-0.05, 0) is 31.0 Å². The molecular formula is C12H15BrF3NO. The lowest BCUT2D eigenvalue weighted by Crippen LogP contribution is -2.48. The Morgan fingerprint density at radius 1 is 1.39 bits per heavy atom. The molecule has 0 saturated carbocycles. The van der Waals surface area contributed by atoms with E-state index < -0.39 is 18.3 Å². The summed E-state index contributed by atoms with van der Waals surface area (Å²) in [6, 6.07) is 3.86. The van der Waals surface area contributed by atoms with Crippen molar-refractivity contribution >= 4 is 15.9 Å². The third kappa shape index (κ3) is 3.88. The number of hydrogen-bond acceptors (Lipinski definition) is 2. The zero-order valence-electron chi connectivity index (χ0n) is 10.1. The second-order valence-corrected chi connectivity index (χ2v) is 4.98. The first kappa shape index (κ1) is 15.3. The zero-order chi connectivity index (χ0) is 13.9. The smallest absolute Gasteiger partial charge is 0.426 e. The van der Waals surface area contributed by atoms with Crippen molar-refractivity contribution in [1.82, 2.24) is 0 Å². The number of ether oxygens (including phenoxy) is 1. The molecule has 1 aromatic rings. The molecule has 0 radical (unpaired) electrons. The van der Waals surface area contributed by atoms with Crippen molar-refractivity contribution in [3.63, 3.8) is 0 Å². The Morgan fingerprint density at radius 2 is 2.00 bits per heavy atom. The molecule has 0 bridgehead atoms. The summed E-state index contributed by atoms with van der Waals surface area (Å²) in [6.07, 6.45) is -6.28. The van der Waals surface area contributed by atoms with E-state index in [4.69, 9.17) is 10.5 Å². The van der Waals surface area contributed by atoms with Crippen LogP contribution < -0.4 is 10.5 Å². The summed E-state index contributed by atoms with van der Waals surface area (Å²) in [5, 5.41) is 0. The molecule has 2 N–H and O–H groups in total. The van der Waals surface area contributed by atoms with Crippen LogP contribution in [0.5, 0.6) is 5.75 Å². The van der Waals surface area contributed by atoms with Crippen molar-refractivity contribution in [2.24, 2.45) is 5.73 Å². The zero-order valence-corrected chi connectivity index (χ0v) is 11.7. The van der Waals surface area contributed by atoms with Crippen LogP contribution in [-0.4, -0.2) is 18.3 Å². The van der Waals surface area contributed by atoms with E-state index in [0.29, 0.717) is 10.0 Å². The number of rotatable bonds is 4. The molecule has 0 aliphatic carbocycles. The van der Waals surface area contributed by atoms with Gasteiger partial charge >= 0.3 is 6.18 Å². The van der Waals surface area contributed by atoms with E-state index in [9.17, 15) is 13.2 Å². The molecule has 2 atom stereocenters. The lowest BCUT2D eigenvalue weighted by Gasteiger charge is -2.27. The van der Waals surface area contributed by atoms with Gasteiger partial charge in [0.05, 0.1) is 6.04 Å². The minimum Gasteiger partial charge on any atom is -0.479 e. The van der Waals surface area contributed by atoms with Gasteiger partial charge in [0.15, 0.2) is 0 Å². The average Bonchev–Trinajstić information content (AvgIpc) is 2.27. The van der Waals surface area contributed by atoms with Crippen molar-refractivity contribution in [2.75, 3.05) is 0 Å². The average molecular weight is 326 g/mol. The van der Waals surface area contributed by atoms with Crippen LogP contribution in [0.3, 0.4) is 0 Å². The van der Waals surface area contributed by atoms with Crippen LogP contribution >= 0.6 is 15.9 Å². The number of halogens is 4. The third-order valence-corrected chi connectivity index (χ3v) is 3.08. The molecule has 6 heteroatoms. The summed E-state index contributed by atoms with van der Waals surface area (Å²) in [5.74, 6) is 0.190. The van der Waals surface area contributed by atoms with Gasteiger partial charge in [0.1, 0.15) is 5.75 Å². The number of benzene rings is 1. The Hall–Kier alpha value is -0.750. The van der Waals surface area contributed by atoms with Crippen LogP contribution in [0.4, 0.5) is 13.2 Å². The Labute approximate surface area is 112 Å². The number of nitrogens with two attached hydrogens (primary N) is 1. The molecule has 0 aliphatic heterocycles. The predicted octanol–water partition coefficient (Wildman–Crippen LogP) is 3.80. The molecule has 18 heavy (non-hydrogen) atoms. The summed E-state index contributed by atoms with van der Waals surface area (Å²) in [7, 11) is 0. The van der Waals surface area contributed by atoms with Gasteiger partial charge in [-0.1, -0.05) is 28.9 Å². The van der Waals surface area contributed by atoms with E-state index in [1.807, 2.05) is 0 Å². The summed E-state index contributed by atoms with van der Waals surface area (Å²) < 4.78 is 44.3. The second-order valence-electron chi connectivity index (χ2n) is 4.06. The van der Waals surface area contributed by atoms with Crippen molar-refractivity contribution in [3.05, 3.63) is 28.2 Å². The number of hydrogen-bond donors (Lipinski definition) is 1. The molecule has 0 aromatic heterocycles. The fourth-order valence-electron chi connectivity index (χ4n) is 1.45. The van der Waals surface area contributed by atoms with Gasteiger partial charge in [-0.15, -0.1) is 0 Å². The summed E-state index contributed by atoms with van der Waals surface area (Å²) in [5.41, 5.74) is 6.12. The van der Waals surface area contributed by atoms with Crippen molar-refractivity contribution in [1.29, 1.82) is 0 Å². The quantitative estimate of drug-likeness (QED) is 0.913. The van der Waals surface area contributed by atoms with Crippen LogP contribution in [0.1, 0.15) is 18.9 Å². The fourth-order valence-corrected chi connectivity index (χ4v) is 1.79. The van der Waals surface area contributed by atoms with E-state index in [0.717, 1.165) is 0 Å². The summed E-state index contributed by atoms with van der Waals surface area (Å²) in [4.78, 5) is 0. The van der Waals surface area contributed by atoms with E-state index in [1.54, 1.807) is 26.0 Å². The molecule has 0 aliphatic rings. The first-order chi connectivity index (χ1) is 8.25. The second kappa shape index (κ2) is 5.93. The van der Waals surface area contributed by atoms with Gasteiger partial charge in [0.2, 0.25) is 6.10 Å². The van der Waals surface area contributed by atoms with Crippen LogP contribution in [0, 0.1) is 6.92 Å². The van der Waals surface area contributed by atoms with Crippen LogP contribution in [-0.2, 0) is 0 Å². The molecule has 0 fully saturated rings. The van der Waals surface area contributed by atoms with Crippen LogP contribution in [0.15, 0.2) is 22.7 Å². The predicted molar refractivity (Wildman–Crippen MR) is 67.6 cm³/mol. The van der Waals surface area contributed by atoms with Crippen molar-refractivity contribution in [2.45, 2.75) is 38.6 Å². The molecule has 102 valence electrons. The van der Waals surface area contributed by atoms with Gasteiger partial charge < -0.3 is 10.5 Å². The minimum atomic E-state index is -4.48. The molecule has 1 aromatic carbocycles. The summed E-state index contributed by atoms with van der Waals surface area (Å²) >= 11 is 3.20. The molecule has 2 unspecified atom stereocenters. The summed E-state index contributed by atoms with van der Waals surface area (Å²) in [6.45, 7) is 3.28. The molecule has 2 nitrogen and oxygen atoms in total. The molecule has 1 rings (SSSR count). The fraction of sp³-hybridized carbons (Fsp3) is 0.500. The van der Waals surface area contributed by atoms with Gasteiger partial charge in [-0.25, -0.2) is 0 Å². The highest BCUT2D eigenvalue weighted by molar-refractivity contribution is 9.10. The molecule has 0 amide bonds. The highest BCUT2D eigenvalue weighted by Crippen LogP contribution is 2.30. The van der Waals surface area contributed by atoms with Gasteiger partial charge in [-0.2, -0.15) is 13.2 Å². The normalized spacial score (nSPS) is 15.3. The van der Waals surface area contributed by atoms with Gasteiger partial charge in [-0.3, -0.25) is 0 Å². The Morgan fingerprint density at radius 3 is 2.50 bits per heavy atom.